The number of benzene rings is 2. The fraction of sp³-hybridized carbons (Fsp3) is 0.455. The predicted molar refractivity (Wildman–Crippen MR) is 165 cm³/mol. The molecule has 0 spiro atoms. The molecule has 2 saturated heterocycles. The molecule has 7 atom stereocenters. The average molecular weight is 616 g/mol. The first kappa shape index (κ1) is 27.2. The quantitative estimate of drug-likeness (QED) is 0.414. The lowest BCUT2D eigenvalue weighted by molar-refractivity contribution is -0.134. The molecule has 4 fully saturated rings. The number of imide groups is 1. The topological polar surface area (TPSA) is 99.8 Å². The summed E-state index contributed by atoms with van der Waals surface area (Å²) in [6, 6.07) is 15.5. The number of piperidine rings is 1. The standard InChI is InChI=1S/C33H33N3O5S2/c1-17-8-10-19(11-9-17)36-31(38)26-21-15-22(27(26)32(36)39)28-25(21)24(29-30(42-28)34-33(40)43-29)18-6-5-7-20(14-18)41-16-23(37)35-12-3-2-4-13-35/h5-11,14,21-22,24-28H,2-4,12-13,15-16H2,1H3,(H,34,40)/t21-,22-,24-,25?,26?,27?,28?/m1/s1. The van der Waals surface area contributed by atoms with Gasteiger partial charge in [-0.05, 0) is 80.2 Å². The Kier molecular flexibility index (Phi) is 6.56. The minimum atomic E-state index is -0.345. The van der Waals surface area contributed by atoms with E-state index in [4.69, 9.17) is 4.74 Å². The van der Waals surface area contributed by atoms with E-state index >= 15 is 0 Å². The van der Waals surface area contributed by atoms with Gasteiger partial charge in [0.15, 0.2) is 6.61 Å². The van der Waals surface area contributed by atoms with Crippen molar-refractivity contribution in [3.8, 4) is 5.75 Å². The summed E-state index contributed by atoms with van der Waals surface area (Å²) in [6.07, 6.45) is 4.07. The van der Waals surface area contributed by atoms with Crippen LogP contribution in [0.2, 0.25) is 0 Å². The summed E-state index contributed by atoms with van der Waals surface area (Å²) in [6.45, 7) is 3.56. The second-order valence-corrected chi connectivity index (χ2v) is 14.8. The predicted octanol–water partition coefficient (Wildman–Crippen LogP) is 4.81. The number of likely N-dealkylation sites (tertiary alicyclic amines) is 1. The van der Waals surface area contributed by atoms with Crippen LogP contribution in [0.3, 0.4) is 0 Å². The van der Waals surface area contributed by atoms with Crippen LogP contribution >= 0.6 is 23.1 Å². The zero-order chi connectivity index (χ0) is 29.4. The molecule has 8 rings (SSSR count). The summed E-state index contributed by atoms with van der Waals surface area (Å²) >= 11 is 2.93. The molecular formula is C33H33N3O5S2. The molecule has 3 aromatic rings. The zero-order valence-electron chi connectivity index (χ0n) is 23.9. The number of nitrogens with one attached hydrogen (secondary N) is 1. The fourth-order valence-corrected chi connectivity index (χ4v) is 11.4. The van der Waals surface area contributed by atoms with Crippen LogP contribution in [0.4, 0.5) is 5.69 Å². The Labute approximate surface area is 257 Å². The zero-order valence-corrected chi connectivity index (χ0v) is 25.5. The summed E-state index contributed by atoms with van der Waals surface area (Å²) in [5.74, 6) is -0.0906. The summed E-state index contributed by atoms with van der Waals surface area (Å²) in [7, 11) is 0. The second-order valence-electron chi connectivity index (χ2n) is 12.6. The molecule has 1 aromatic heterocycles. The lowest BCUT2D eigenvalue weighted by atomic mass is 9.68. The van der Waals surface area contributed by atoms with Crippen LogP contribution < -0.4 is 14.5 Å². The molecule has 10 heteroatoms. The summed E-state index contributed by atoms with van der Waals surface area (Å²) in [5.41, 5.74) is 2.75. The molecular weight excluding hydrogens is 583 g/mol. The first-order chi connectivity index (χ1) is 20.9. The molecule has 43 heavy (non-hydrogen) atoms. The number of hydrogen-bond donors (Lipinski definition) is 1. The van der Waals surface area contributed by atoms with Gasteiger partial charge in [0.05, 0.1) is 22.5 Å². The van der Waals surface area contributed by atoms with Crippen LogP contribution in [0.1, 0.15) is 47.6 Å². The Morgan fingerprint density at radius 1 is 0.977 bits per heavy atom. The molecule has 4 heterocycles. The van der Waals surface area contributed by atoms with Crippen molar-refractivity contribution in [1.82, 2.24) is 9.88 Å². The minimum Gasteiger partial charge on any atom is -0.484 e. The molecule has 4 unspecified atom stereocenters. The number of aromatic nitrogens is 1. The van der Waals surface area contributed by atoms with Gasteiger partial charge in [0.1, 0.15) is 5.75 Å². The number of carbonyl (C=O) groups excluding carboxylic acids is 3. The average Bonchev–Trinajstić information content (AvgIpc) is 3.76. The highest BCUT2D eigenvalue weighted by Crippen LogP contribution is 2.68. The largest absolute Gasteiger partial charge is 0.484 e. The third kappa shape index (κ3) is 4.31. The van der Waals surface area contributed by atoms with Crippen molar-refractivity contribution in [3.63, 3.8) is 0 Å². The number of thiazole rings is 1. The molecule has 1 N–H and O–H groups in total. The number of aromatic amines is 1. The highest BCUT2D eigenvalue weighted by molar-refractivity contribution is 8.00. The van der Waals surface area contributed by atoms with Crippen molar-refractivity contribution in [2.75, 3.05) is 24.6 Å². The maximum Gasteiger partial charge on any atom is 0.305 e. The molecule has 3 amide bonds. The Morgan fingerprint density at radius 2 is 1.72 bits per heavy atom. The van der Waals surface area contributed by atoms with Crippen LogP contribution in [0.5, 0.6) is 5.75 Å². The van der Waals surface area contributed by atoms with Gasteiger partial charge in [0, 0.05) is 29.1 Å². The van der Waals surface area contributed by atoms with E-state index < -0.39 is 0 Å². The molecule has 0 radical (unpaired) electrons. The maximum absolute atomic E-state index is 14.0. The number of thioether (sulfide) groups is 1. The number of hydrogen-bond acceptors (Lipinski definition) is 7. The van der Waals surface area contributed by atoms with Crippen LogP contribution in [0.25, 0.3) is 0 Å². The van der Waals surface area contributed by atoms with Crippen LogP contribution in [0.15, 0.2) is 58.4 Å². The Bertz CT molecular complexity index is 1680. The molecule has 2 aliphatic carbocycles. The van der Waals surface area contributed by atoms with Crippen LogP contribution in [-0.4, -0.2) is 52.6 Å². The van der Waals surface area contributed by atoms with Gasteiger partial charge in [0.25, 0.3) is 5.91 Å². The number of nitrogens with zero attached hydrogens (tertiary/aromatic N) is 2. The van der Waals surface area contributed by atoms with Crippen molar-refractivity contribution in [1.29, 1.82) is 0 Å². The third-order valence-corrected chi connectivity index (χ3v) is 12.9. The monoisotopic (exact) mass is 615 g/mol. The maximum atomic E-state index is 14.0. The third-order valence-electron chi connectivity index (χ3n) is 10.3. The van der Waals surface area contributed by atoms with E-state index in [0.717, 1.165) is 59.8 Å². The Hall–Kier alpha value is -3.37. The smallest absolute Gasteiger partial charge is 0.305 e. The van der Waals surface area contributed by atoms with E-state index in [9.17, 15) is 19.2 Å². The van der Waals surface area contributed by atoms with E-state index in [1.54, 1.807) is 11.8 Å². The highest BCUT2D eigenvalue weighted by Gasteiger charge is 2.69. The van der Waals surface area contributed by atoms with E-state index in [0.29, 0.717) is 11.4 Å². The molecule has 8 nitrogen and oxygen atoms in total. The molecule has 222 valence electrons. The van der Waals surface area contributed by atoms with Crippen LogP contribution in [-0.2, 0) is 14.4 Å². The molecule has 3 aliphatic heterocycles. The van der Waals surface area contributed by atoms with Crippen LogP contribution in [0, 0.1) is 36.5 Å². The lowest BCUT2D eigenvalue weighted by Crippen LogP contribution is -2.42. The summed E-state index contributed by atoms with van der Waals surface area (Å²) < 4.78 is 6.02. The van der Waals surface area contributed by atoms with Crippen molar-refractivity contribution in [3.05, 3.63) is 74.2 Å². The minimum absolute atomic E-state index is 0.00131. The molecule has 2 saturated carbocycles. The van der Waals surface area contributed by atoms with Gasteiger partial charge in [-0.15, -0.1) is 11.8 Å². The highest BCUT2D eigenvalue weighted by atomic mass is 32.2. The van der Waals surface area contributed by atoms with Crippen molar-refractivity contribution in [2.45, 2.75) is 48.8 Å². The lowest BCUT2D eigenvalue weighted by Gasteiger charge is -2.43. The van der Waals surface area contributed by atoms with Crippen molar-refractivity contribution in [2.24, 2.45) is 29.6 Å². The normalized spacial score (nSPS) is 30.8. The van der Waals surface area contributed by atoms with Crippen molar-refractivity contribution < 1.29 is 19.1 Å². The van der Waals surface area contributed by atoms with Gasteiger partial charge in [-0.3, -0.25) is 24.1 Å². The summed E-state index contributed by atoms with van der Waals surface area (Å²) in [5, 5.41) is 0.998. The van der Waals surface area contributed by atoms with Crippen molar-refractivity contribution >= 4 is 46.5 Å². The van der Waals surface area contributed by atoms with E-state index in [2.05, 4.69) is 11.1 Å². The molecule has 5 aliphatic rings. The van der Waals surface area contributed by atoms with Gasteiger partial charge in [-0.2, -0.15) is 0 Å². The van der Waals surface area contributed by atoms with E-state index in [-0.39, 0.29) is 70.0 Å². The number of amides is 3. The molecule has 2 bridgehead atoms. The fourth-order valence-electron chi connectivity index (χ4n) is 8.52. The van der Waals surface area contributed by atoms with Gasteiger partial charge < -0.3 is 14.6 Å². The summed E-state index contributed by atoms with van der Waals surface area (Å²) in [4.78, 5) is 60.4. The van der Waals surface area contributed by atoms with Gasteiger partial charge in [-0.25, -0.2) is 0 Å². The number of ether oxygens (including phenoxy) is 1. The van der Waals surface area contributed by atoms with Gasteiger partial charge in [0.2, 0.25) is 11.8 Å². The first-order valence-corrected chi connectivity index (χ1v) is 16.9. The van der Waals surface area contributed by atoms with Gasteiger partial charge >= 0.3 is 4.87 Å². The second kappa shape index (κ2) is 10.4. The van der Waals surface area contributed by atoms with Gasteiger partial charge in [-0.1, -0.05) is 41.2 Å². The number of fused-ring (bicyclic) bond motifs is 9. The number of rotatable bonds is 5. The van der Waals surface area contributed by atoms with E-state index in [1.807, 2.05) is 54.3 Å². The number of anilines is 1. The Balaban J connectivity index is 1.11. The number of aryl methyl sites for hydroxylation is 1. The SMILES string of the molecule is Cc1ccc(N2C(=O)C3C(C2=O)[C@@H]2C[C@H]3C3Sc4[nH]c(=O)sc4[C@H](c4cccc(OCC(=O)N5CCCCC5)c4)C32)cc1. The molecule has 2 aromatic carbocycles. The Morgan fingerprint density at radius 3 is 2.49 bits per heavy atom. The first-order valence-electron chi connectivity index (χ1n) is 15.2. The van der Waals surface area contributed by atoms with E-state index in [1.165, 1.54) is 16.2 Å². The number of carbonyl (C=O) groups is 3. The number of H-pyrrole nitrogens is 1.